The van der Waals surface area contributed by atoms with E-state index in [9.17, 15) is 0 Å². The monoisotopic (exact) mass is 235 g/mol. The van der Waals surface area contributed by atoms with E-state index in [4.69, 9.17) is 5.73 Å². The summed E-state index contributed by atoms with van der Waals surface area (Å²) in [6.45, 7) is 3.81. The molecular formula is C12H21N5. The minimum Gasteiger partial charge on any atom is -0.339 e. The summed E-state index contributed by atoms with van der Waals surface area (Å²) < 4.78 is 0. The van der Waals surface area contributed by atoms with Crippen LogP contribution in [0.1, 0.15) is 19.3 Å². The number of anilines is 1. The fourth-order valence-electron chi connectivity index (χ4n) is 2.19. The topological polar surface area (TPSA) is 67.1 Å². The van der Waals surface area contributed by atoms with Crippen LogP contribution in [-0.2, 0) is 0 Å². The first kappa shape index (κ1) is 12.3. The molecule has 3 N–H and O–H groups in total. The lowest BCUT2D eigenvalue weighted by Gasteiger charge is -2.33. The second kappa shape index (κ2) is 6.51. The van der Waals surface area contributed by atoms with E-state index in [-0.39, 0.29) is 0 Å². The Bertz CT molecular complexity index is 316. The molecule has 1 aliphatic heterocycles. The Hall–Kier alpha value is -1.20. The van der Waals surface area contributed by atoms with Gasteiger partial charge in [0.05, 0.1) is 0 Å². The minimum absolute atomic E-state index is 0.541. The Morgan fingerprint density at radius 3 is 3.00 bits per heavy atom. The van der Waals surface area contributed by atoms with Crippen molar-refractivity contribution in [1.82, 2.24) is 15.3 Å². The zero-order valence-corrected chi connectivity index (χ0v) is 10.2. The lowest BCUT2D eigenvalue weighted by Crippen LogP contribution is -2.46. The van der Waals surface area contributed by atoms with E-state index >= 15 is 0 Å². The highest BCUT2D eigenvalue weighted by Crippen LogP contribution is 2.14. The van der Waals surface area contributed by atoms with Crippen molar-refractivity contribution in [2.24, 2.45) is 5.73 Å². The Labute approximate surface area is 102 Å². The van der Waals surface area contributed by atoms with Gasteiger partial charge in [0.25, 0.3) is 0 Å². The Morgan fingerprint density at radius 2 is 2.24 bits per heavy atom. The van der Waals surface area contributed by atoms with E-state index in [2.05, 4.69) is 20.2 Å². The molecule has 0 radical (unpaired) electrons. The number of aromatic nitrogens is 2. The molecule has 0 spiro atoms. The molecule has 1 aliphatic rings. The maximum atomic E-state index is 5.49. The number of nitrogens with one attached hydrogen (secondary N) is 1. The highest BCUT2D eigenvalue weighted by atomic mass is 15.3. The molecular weight excluding hydrogens is 214 g/mol. The smallest absolute Gasteiger partial charge is 0.225 e. The summed E-state index contributed by atoms with van der Waals surface area (Å²) in [6.07, 6.45) is 7.06. The normalized spacial score (nSPS) is 20.5. The highest BCUT2D eigenvalue weighted by molar-refractivity contribution is 5.29. The quantitative estimate of drug-likeness (QED) is 0.722. The fourth-order valence-corrected chi connectivity index (χ4v) is 2.19. The number of hydrogen-bond acceptors (Lipinski definition) is 5. The molecule has 2 rings (SSSR count). The lowest BCUT2D eigenvalue weighted by atomic mass is 10.1. The first-order valence-electron chi connectivity index (χ1n) is 6.35. The van der Waals surface area contributed by atoms with Crippen LogP contribution in [0.4, 0.5) is 5.95 Å². The van der Waals surface area contributed by atoms with E-state index in [0.29, 0.717) is 6.04 Å². The Kier molecular flexibility index (Phi) is 4.70. The summed E-state index contributed by atoms with van der Waals surface area (Å²) in [5.74, 6) is 0.845. The van der Waals surface area contributed by atoms with Crippen molar-refractivity contribution in [2.45, 2.75) is 25.3 Å². The van der Waals surface area contributed by atoms with Gasteiger partial charge in [-0.05, 0) is 38.4 Å². The third-order valence-corrected chi connectivity index (χ3v) is 3.07. The van der Waals surface area contributed by atoms with Gasteiger partial charge in [-0.15, -0.1) is 0 Å². The standard InChI is InChI=1S/C12H21N5/c13-5-2-6-14-11-4-1-9-17(10-11)12-15-7-3-8-16-12/h3,7-8,11,14H,1-2,4-6,9-10,13H2. The van der Waals surface area contributed by atoms with Crippen LogP contribution in [-0.4, -0.2) is 42.2 Å². The van der Waals surface area contributed by atoms with Crippen molar-refractivity contribution in [2.75, 3.05) is 31.1 Å². The first-order chi connectivity index (χ1) is 8.40. The molecule has 5 heteroatoms. The van der Waals surface area contributed by atoms with Gasteiger partial charge in [-0.3, -0.25) is 0 Å². The summed E-state index contributed by atoms with van der Waals surface area (Å²) in [6, 6.07) is 2.39. The number of rotatable bonds is 5. The Balaban J connectivity index is 1.84. The molecule has 1 atom stereocenters. The second-order valence-corrected chi connectivity index (χ2v) is 4.43. The lowest BCUT2D eigenvalue weighted by molar-refractivity contribution is 0.418. The molecule has 17 heavy (non-hydrogen) atoms. The first-order valence-corrected chi connectivity index (χ1v) is 6.35. The van der Waals surface area contributed by atoms with Crippen molar-refractivity contribution >= 4 is 5.95 Å². The molecule has 1 unspecified atom stereocenters. The molecule has 1 aromatic rings. The molecule has 0 aliphatic carbocycles. The average Bonchev–Trinajstić information content (AvgIpc) is 2.41. The van der Waals surface area contributed by atoms with Gasteiger partial charge in [0.2, 0.25) is 5.95 Å². The summed E-state index contributed by atoms with van der Waals surface area (Å²) in [7, 11) is 0. The van der Waals surface area contributed by atoms with Crippen LogP contribution in [0.2, 0.25) is 0 Å². The van der Waals surface area contributed by atoms with Gasteiger partial charge >= 0.3 is 0 Å². The number of nitrogens with two attached hydrogens (primary N) is 1. The minimum atomic E-state index is 0.541. The summed E-state index contributed by atoms with van der Waals surface area (Å²) in [4.78, 5) is 10.9. The zero-order chi connectivity index (χ0) is 11.9. The molecule has 1 saturated heterocycles. The van der Waals surface area contributed by atoms with Crippen molar-refractivity contribution in [1.29, 1.82) is 0 Å². The van der Waals surface area contributed by atoms with Gasteiger partial charge in [-0.2, -0.15) is 0 Å². The SMILES string of the molecule is NCCCNC1CCCN(c2ncccn2)C1. The van der Waals surface area contributed by atoms with Gasteiger partial charge in [-0.25, -0.2) is 9.97 Å². The molecule has 0 saturated carbocycles. The van der Waals surface area contributed by atoms with Crippen LogP contribution in [0.3, 0.4) is 0 Å². The predicted octanol–water partition coefficient (Wildman–Crippen LogP) is 0.384. The van der Waals surface area contributed by atoms with Crippen molar-refractivity contribution in [3.05, 3.63) is 18.5 Å². The summed E-state index contributed by atoms with van der Waals surface area (Å²) >= 11 is 0. The van der Waals surface area contributed by atoms with Crippen LogP contribution >= 0.6 is 0 Å². The number of piperidine rings is 1. The zero-order valence-electron chi connectivity index (χ0n) is 10.2. The van der Waals surface area contributed by atoms with E-state index < -0.39 is 0 Å². The van der Waals surface area contributed by atoms with E-state index in [0.717, 1.165) is 38.5 Å². The molecule has 5 nitrogen and oxygen atoms in total. The molecule has 0 amide bonds. The van der Waals surface area contributed by atoms with Gasteiger partial charge in [0.15, 0.2) is 0 Å². The fraction of sp³-hybridized carbons (Fsp3) is 0.667. The maximum Gasteiger partial charge on any atom is 0.225 e. The predicted molar refractivity (Wildman–Crippen MR) is 68.9 cm³/mol. The Morgan fingerprint density at radius 1 is 1.41 bits per heavy atom. The average molecular weight is 235 g/mol. The summed E-state index contributed by atoms with van der Waals surface area (Å²) in [5, 5.41) is 3.55. The second-order valence-electron chi connectivity index (χ2n) is 4.43. The van der Waals surface area contributed by atoms with Crippen LogP contribution in [0.5, 0.6) is 0 Å². The third kappa shape index (κ3) is 3.64. The number of nitrogens with zero attached hydrogens (tertiary/aromatic N) is 3. The van der Waals surface area contributed by atoms with Gasteiger partial charge in [0, 0.05) is 31.5 Å². The van der Waals surface area contributed by atoms with Gasteiger partial charge in [-0.1, -0.05) is 0 Å². The van der Waals surface area contributed by atoms with Crippen LogP contribution in [0.15, 0.2) is 18.5 Å². The third-order valence-electron chi connectivity index (χ3n) is 3.07. The molecule has 1 fully saturated rings. The molecule has 1 aromatic heterocycles. The van der Waals surface area contributed by atoms with Gasteiger partial charge < -0.3 is 16.0 Å². The largest absolute Gasteiger partial charge is 0.339 e. The molecule has 2 heterocycles. The van der Waals surface area contributed by atoms with Crippen LogP contribution in [0.25, 0.3) is 0 Å². The molecule has 0 aromatic carbocycles. The van der Waals surface area contributed by atoms with Gasteiger partial charge in [0.1, 0.15) is 0 Å². The highest BCUT2D eigenvalue weighted by Gasteiger charge is 2.20. The van der Waals surface area contributed by atoms with E-state index in [1.54, 1.807) is 12.4 Å². The van der Waals surface area contributed by atoms with Crippen molar-refractivity contribution in [3.63, 3.8) is 0 Å². The summed E-state index contributed by atoms with van der Waals surface area (Å²) in [5.41, 5.74) is 5.49. The maximum absolute atomic E-state index is 5.49. The van der Waals surface area contributed by atoms with Crippen LogP contribution < -0.4 is 16.0 Å². The number of hydrogen-bond donors (Lipinski definition) is 2. The van der Waals surface area contributed by atoms with E-state index in [1.807, 2.05) is 6.07 Å². The van der Waals surface area contributed by atoms with E-state index in [1.165, 1.54) is 12.8 Å². The molecule has 0 bridgehead atoms. The van der Waals surface area contributed by atoms with Crippen molar-refractivity contribution in [3.8, 4) is 0 Å². The van der Waals surface area contributed by atoms with Crippen molar-refractivity contribution < 1.29 is 0 Å². The van der Waals surface area contributed by atoms with Crippen LogP contribution in [0, 0.1) is 0 Å². The molecule has 94 valence electrons.